The van der Waals surface area contributed by atoms with Gasteiger partial charge in [0.15, 0.2) is 6.04 Å². The maximum atomic E-state index is 11.0. The molecule has 1 aliphatic rings. The molecular weight excluding hydrogens is 144 g/mol. The van der Waals surface area contributed by atoms with Crippen molar-refractivity contribution in [3.05, 3.63) is 5.21 Å². The number of amides is 1. The molecule has 4 nitrogen and oxygen atoms in total. The summed E-state index contributed by atoms with van der Waals surface area (Å²) < 4.78 is 0.693. The Balaban J connectivity index is 2.95. The SMILES string of the molecule is CC1[N+]([O-])=CC(=O)NC1(C)C. The molecule has 0 aliphatic carbocycles. The van der Waals surface area contributed by atoms with Crippen molar-refractivity contribution in [3.63, 3.8) is 0 Å². The van der Waals surface area contributed by atoms with Gasteiger partial charge in [-0.1, -0.05) is 0 Å². The summed E-state index contributed by atoms with van der Waals surface area (Å²) in [4.78, 5) is 10.8. The van der Waals surface area contributed by atoms with Gasteiger partial charge in [0.2, 0.25) is 6.21 Å². The Morgan fingerprint density at radius 3 is 2.73 bits per heavy atom. The fourth-order valence-electron chi connectivity index (χ4n) is 1.000. The van der Waals surface area contributed by atoms with Crippen LogP contribution in [0, 0.1) is 5.21 Å². The highest BCUT2D eigenvalue weighted by molar-refractivity contribution is 6.24. The normalized spacial score (nSPS) is 29.2. The highest BCUT2D eigenvalue weighted by Gasteiger charge is 2.37. The van der Waals surface area contributed by atoms with Crippen LogP contribution < -0.4 is 5.32 Å². The van der Waals surface area contributed by atoms with Crippen LogP contribution in [-0.4, -0.2) is 28.4 Å². The molecule has 11 heavy (non-hydrogen) atoms. The smallest absolute Gasteiger partial charge is 0.309 e. The van der Waals surface area contributed by atoms with E-state index in [2.05, 4.69) is 5.32 Å². The number of hydroxylamine groups is 1. The van der Waals surface area contributed by atoms with Crippen LogP contribution in [0.15, 0.2) is 0 Å². The number of carbonyl (C=O) groups excluding carboxylic acids is 1. The van der Waals surface area contributed by atoms with Crippen LogP contribution in [0.1, 0.15) is 20.8 Å². The molecule has 62 valence electrons. The Hall–Kier alpha value is -1.06. The van der Waals surface area contributed by atoms with Crippen LogP contribution in [-0.2, 0) is 4.79 Å². The second-order valence-electron chi connectivity index (χ2n) is 3.38. The van der Waals surface area contributed by atoms with E-state index in [1.54, 1.807) is 6.92 Å². The van der Waals surface area contributed by atoms with Crippen molar-refractivity contribution in [1.29, 1.82) is 0 Å². The molecule has 0 bridgehead atoms. The summed E-state index contributed by atoms with van der Waals surface area (Å²) in [6.07, 6.45) is 1.04. The highest BCUT2D eigenvalue weighted by Crippen LogP contribution is 2.13. The molecular formula is C7H12N2O2. The van der Waals surface area contributed by atoms with Gasteiger partial charge >= 0.3 is 5.91 Å². The minimum Gasteiger partial charge on any atom is -0.623 e. The molecule has 0 fully saturated rings. The van der Waals surface area contributed by atoms with Crippen molar-refractivity contribution in [2.24, 2.45) is 0 Å². The maximum absolute atomic E-state index is 11.0. The van der Waals surface area contributed by atoms with E-state index in [-0.39, 0.29) is 11.9 Å². The van der Waals surface area contributed by atoms with Gasteiger partial charge in [-0.05, 0) is 13.8 Å². The van der Waals surface area contributed by atoms with Gasteiger partial charge in [0, 0.05) is 6.92 Å². The number of carbonyl (C=O) groups is 1. The summed E-state index contributed by atoms with van der Waals surface area (Å²) in [6, 6.07) is -0.208. The van der Waals surface area contributed by atoms with E-state index >= 15 is 0 Å². The molecule has 0 radical (unpaired) electrons. The lowest BCUT2D eigenvalue weighted by Crippen LogP contribution is -2.59. The standard InChI is InChI=1S/C7H12N2O2/c1-5-7(2,3)8-6(10)4-9(5)11/h4-5H,1-3H3,(H,8,10). The van der Waals surface area contributed by atoms with E-state index in [1.165, 1.54) is 0 Å². The topological polar surface area (TPSA) is 55.2 Å². The van der Waals surface area contributed by atoms with Crippen molar-refractivity contribution in [2.45, 2.75) is 32.4 Å². The van der Waals surface area contributed by atoms with Gasteiger partial charge in [-0.3, -0.25) is 4.79 Å². The first-order valence-corrected chi connectivity index (χ1v) is 3.56. The van der Waals surface area contributed by atoms with Crippen LogP contribution >= 0.6 is 0 Å². The number of rotatable bonds is 0. The predicted octanol–water partition coefficient (Wildman–Crippen LogP) is -0.136. The van der Waals surface area contributed by atoms with Gasteiger partial charge in [-0.15, -0.1) is 0 Å². The van der Waals surface area contributed by atoms with Crippen molar-refractivity contribution in [3.8, 4) is 0 Å². The number of nitrogens with zero attached hydrogens (tertiary/aromatic N) is 1. The Morgan fingerprint density at radius 1 is 1.73 bits per heavy atom. The molecule has 0 saturated heterocycles. The van der Waals surface area contributed by atoms with E-state index in [1.807, 2.05) is 13.8 Å². The van der Waals surface area contributed by atoms with E-state index in [9.17, 15) is 10.0 Å². The summed E-state index contributed by atoms with van der Waals surface area (Å²) in [5.41, 5.74) is -0.437. The second-order valence-corrected chi connectivity index (χ2v) is 3.38. The molecule has 1 atom stereocenters. The third-order valence-corrected chi connectivity index (χ3v) is 2.12. The van der Waals surface area contributed by atoms with Crippen molar-refractivity contribution >= 4 is 12.1 Å². The quantitative estimate of drug-likeness (QED) is 0.392. The lowest BCUT2D eigenvalue weighted by atomic mass is 9.95. The zero-order chi connectivity index (χ0) is 8.65. The molecule has 0 aromatic heterocycles. The van der Waals surface area contributed by atoms with Crippen LogP contribution in [0.25, 0.3) is 0 Å². The maximum Gasteiger partial charge on any atom is 0.309 e. The minimum absolute atomic E-state index is 0.208. The summed E-state index contributed by atoms with van der Waals surface area (Å²) >= 11 is 0. The lowest BCUT2D eigenvalue weighted by molar-refractivity contribution is -0.506. The molecule has 0 aromatic carbocycles. The molecule has 1 aliphatic heterocycles. The molecule has 4 heteroatoms. The third-order valence-electron chi connectivity index (χ3n) is 2.12. The number of nitrogens with one attached hydrogen (secondary N) is 1. The van der Waals surface area contributed by atoms with Gasteiger partial charge in [0.1, 0.15) is 0 Å². The van der Waals surface area contributed by atoms with Crippen LogP contribution in [0.4, 0.5) is 0 Å². The minimum atomic E-state index is -0.437. The average molecular weight is 156 g/mol. The molecule has 0 aromatic rings. The zero-order valence-electron chi connectivity index (χ0n) is 6.92. The average Bonchev–Trinajstić information content (AvgIpc) is 1.81. The van der Waals surface area contributed by atoms with E-state index in [4.69, 9.17) is 0 Å². The first-order chi connectivity index (χ1) is 4.93. The third kappa shape index (κ3) is 1.34. The largest absolute Gasteiger partial charge is 0.623 e. The van der Waals surface area contributed by atoms with Gasteiger partial charge in [0.05, 0.1) is 5.54 Å². The van der Waals surface area contributed by atoms with E-state index < -0.39 is 5.54 Å². The molecule has 1 rings (SSSR count). The Bertz CT molecular complexity index is 220. The van der Waals surface area contributed by atoms with Crippen molar-refractivity contribution in [1.82, 2.24) is 5.32 Å². The molecule has 1 amide bonds. The number of hydrogen-bond donors (Lipinski definition) is 1. The summed E-state index contributed by atoms with van der Waals surface area (Å²) in [6.45, 7) is 5.43. The fraction of sp³-hybridized carbons (Fsp3) is 0.714. The molecule has 1 heterocycles. The van der Waals surface area contributed by atoms with Crippen molar-refractivity contribution < 1.29 is 9.53 Å². The molecule has 1 unspecified atom stereocenters. The highest BCUT2D eigenvalue weighted by atomic mass is 16.5. The van der Waals surface area contributed by atoms with Crippen LogP contribution in [0.2, 0.25) is 0 Å². The second kappa shape index (κ2) is 2.22. The van der Waals surface area contributed by atoms with Crippen molar-refractivity contribution in [2.75, 3.05) is 0 Å². The Morgan fingerprint density at radius 2 is 2.27 bits per heavy atom. The first-order valence-electron chi connectivity index (χ1n) is 3.56. The Labute approximate surface area is 65.5 Å². The molecule has 1 N–H and O–H groups in total. The molecule has 0 spiro atoms. The van der Waals surface area contributed by atoms with Crippen LogP contribution in [0.5, 0.6) is 0 Å². The lowest BCUT2D eigenvalue weighted by Gasteiger charge is -2.33. The number of hydrogen-bond acceptors (Lipinski definition) is 2. The van der Waals surface area contributed by atoms with Gasteiger partial charge in [0.25, 0.3) is 0 Å². The van der Waals surface area contributed by atoms with Crippen LogP contribution in [0.3, 0.4) is 0 Å². The molecule has 0 saturated carbocycles. The van der Waals surface area contributed by atoms with Gasteiger partial charge in [-0.25, -0.2) is 4.74 Å². The summed E-state index contributed by atoms with van der Waals surface area (Å²) in [5, 5.41) is 13.7. The zero-order valence-corrected chi connectivity index (χ0v) is 6.92. The van der Waals surface area contributed by atoms with Gasteiger partial charge in [-0.2, -0.15) is 0 Å². The fourth-order valence-corrected chi connectivity index (χ4v) is 1.000. The summed E-state index contributed by atoms with van der Waals surface area (Å²) in [7, 11) is 0. The first kappa shape index (κ1) is 8.04. The summed E-state index contributed by atoms with van der Waals surface area (Å²) in [5.74, 6) is -0.317. The monoisotopic (exact) mass is 156 g/mol. The van der Waals surface area contributed by atoms with E-state index in [0.717, 1.165) is 6.21 Å². The Kier molecular flexibility index (Phi) is 1.62. The predicted molar refractivity (Wildman–Crippen MR) is 41.4 cm³/mol. The van der Waals surface area contributed by atoms with Gasteiger partial charge < -0.3 is 10.5 Å². The van der Waals surface area contributed by atoms with E-state index in [0.29, 0.717) is 4.74 Å².